The highest BCUT2D eigenvalue weighted by molar-refractivity contribution is 6.00. The molecule has 30 heavy (non-hydrogen) atoms. The lowest BCUT2D eigenvalue weighted by molar-refractivity contribution is -0.142. The van der Waals surface area contributed by atoms with E-state index in [1.807, 2.05) is 6.92 Å². The van der Waals surface area contributed by atoms with Crippen LogP contribution in [-0.4, -0.2) is 25.2 Å². The number of esters is 2. The van der Waals surface area contributed by atoms with Gasteiger partial charge < -0.3 is 9.47 Å². The van der Waals surface area contributed by atoms with E-state index in [0.717, 1.165) is 38.5 Å². The van der Waals surface area contributed by atoms with E-state index in [0.29, 0.717) is 37.2 Å². The van der Waals surface area contributed by atoms with Crippen LogP contribution in [0.5, 0.6) is 0 Å². The van der Waals surface area contributed by atoms with E-state index in [4.69, 9.17) is 9.47 Å². The lowest BCUT2D eigenvalue weighted by Crippen LogP contribution is -2.17. The van der Waals surface area contributed by atoms with Crippen molar-refractivity contribution in [1.29, 1.82) is 0 Å². The molecular formula is C26H48O4. The molecule has 0 aromatic rings. The summed E-state index contributed by atoms with van der Waals surface area (Å²) in [5, 5.41) is 0. The van der Waals surface area contributed by atoms with Crippen LogP contribution in [0.2, 0.25) is 0 Å². The molecule has 0 aliphatic rings. The van der Waals surface area contributed by atoms with Crippen molar-refractivity contribution < 1.29 is 19.1 Å². The number of hydrogen-bond acceptors (Lipinski definition) is 4. The second-order valence-electron chi connectivity index (χ2n) is 8.22. The summed E-state index contributed by atoms with van der Waals surface area (Å²) in [6.45, 7) is 9.27. The number of rotatable bonds is 20. The van der Waals surface area contributed by atoms with E-state index in [2.05, 4.69) is 20.8 Å². The maximum atomic E-state index is 12.7. The van der Waals surface area contributed by atoms with Crippen LogP contribution in [0.25, 0.3) is 0 Å². The fourth-order valence-electron chi connectivity index (χ4n) is 3.48. The van der Waals surface area contributed by atoms with Crippen LogP contribution in [0.15, 0.2) is 11.1 Å². The maximum Gasteiger partial charge on any atom is 0.334 e. The van der Waals surface area contributed by atoms with Crippen LogP contribution < -0.4 is 0 Å². The van der Waals surface area contributed by atoms with Crippen molar-refractivity contribution >= 4 is 11.9 Å². The normalized spacial score (nSPS) is 11.9. The Morgan fingerprint density at radius 2 is 0.900 bits per heavy atom. The molecule has 4 nitrogen and oxygen atoms in total. The molecule has 0 bridgehead atoms. The van der Waals surface area contributed by atoms with E-state index in [9.17, 15) is 9.59 Å². The van der Waals surface area contributed by atoms with Crippen LogP contribution in [0.1, 0.15) is 130 Å². The first-order valence-corrected chi connectivity index (χ1v) is 12.7. The first-order chi connectivity index (χ1) is 14.6. The predicted octanol–water partition coefficient (Wildman–Crippen LogP) is 7.69. The Morgan fingerprint density at radius 3 is 1.33 bits per heavy atom. The van der Waals surface area contributed by atoms with Crippen LogP contribution in [0.3, 0.4) is 0 Å². The zero-order valence-corrected chi connectivity index (χ0v) is 20.4. The summed E-state index contributed by atoms with van der Waals surface area (Å²) >= 11 is 0. The molecule has 0 saturated carbocycles. The third-order valence-electron chi connectivity index (χ3n) is 5.45. The molecule has 0 atom stereocenters. The molecule has 0 amide bonds. The van der Waals surface area contributed by atoms with Crippen molar-refractivity contribution in [3.63, 3.8) is 0 Å². The second kappa shape index (κ2) is 20.9. The molecule has 0 aromatic carbocycles. The van der Waals surface area contributed by atoms with Gasteiger partial charge in [0.25, 0.3) is 0 Å². The first kappa shape index (κ1) is 28.7. The minimum absolute atomic E-state index is 0.328. The number of carbonyl (C=O) groups excluding carboxylic acids is 2. The Labute approximate surface area is 186 Å². The third-order valence-corrected chi connectivity index (χ3v) is 5.45. The number of carbonyl (C=O) groups is 2. The third kappa shape index (κ3) is 14.6. The van der Waals surface area contributed by atoms with E-state index in [-0.39, 0.29) is 11.9 Å². The van der Waals surface area contributed by atoms with Crippen LogP contribution in [-0.2, 0) is 19.1 Å². The summed E-state index contributed by atoms with van der Waals surface area (Å²) in [6, 6.07) is 0. The van der Waals surface area contributed by atoms with Gasteiger partial charge in [-0.25, -0.2) is 9.59 Å². The van der Waals surface area contributed by atoms with Gasteiger partial charge in [-0.2, -0.15) is 0 Å². The summed E-state index contributed by atoms with van der Waals surface area (Å²) in [6.07, 6.45) is 16.7. The quantitative estimate of drug-likeness (QED) is 0.114. The summed E-state index contributed by atoms with van der Waals surface area (Å²) in [4.78, 5) is 25.3. The van der Waals surface area contributed by atoms with Crippen molar-refractivity contribution in [2.75, 3.05) is 13.2 Å². The van der Waals surface area contributed by atoms with E-state index >= 15 is 0 Å². The van der Waals surface area contributed by atoms with Crippen molar-refractivity contribution in [2.45, 2.75) is 130 Å². The average Bonchev–Trinajstić information content (AvgIpc) is 2.75. The Kier molecular flexibility index (Phi) is 20.0. The number of unbranched alkanes of at least 4 members (excludes halogenated alkanes) is 11. The van der Waals surface area contributed by atoms with Gasteiger partial charge in [0.1, 0.15) is 0 Å². The highest BCUT2D eigenvalue weighted by Crippen LogP contribution is 2.20. The predicted molar refractivity (Wildman–Crippen MR) is 126 cm³/mol. The molecule has 0 heterocycles. The number of ether oxygens (including phenoxy) is 2. The SMILES string of the molecule is CCCCCCCCOC(=O)/C(CC)=C(/CCCC)C(=O)OCCCCCCCC. The van der Waals surface area contributed by atoms with Gasteiger partial charge in [-0.3, -0.25) is 0 Å². The lowest BCUT2D eigenvalue weighted by atomic mass is 10.0. The van der Waals surface area contributed by atoms with Gasteiger partial charge in [0.05, 0.1) is 13.2 Å². The van der Waals surface area contributed by atoms with Crippen molar-refractivity contribution in [3.05, 3.63) is 11.1 Å². The molecular weight excluding hydrogens is 376 g/mol. The van der Waals surface area contributed by atoms with Crippen LogP contribution in [0.4, 0.5) is 0 Å². The van der Waals surface area contributed by atoms with Gasteiger partial charge in [0.15, 0.2) is 0 Å². The van der Waals surface area contributed by atoms with Gasteiger partial charge in [-0.05, 0) is 32.1 Å². The highest BCUT2D eigenvalue weighted by atomic mass is 16.5. The van der Waals surface area contributed by atoms with Gasteiger partial charge >= 0.3 is 11.9 Å². The molecule has 0 aliphatic carbocycles. The molecule has 0 N–H and O–H groups in total. The Morgan fingerprint density at radius 1 is 0.500 bits per heavy atom. The molecule has 4 heteroatoms. The number of hydrogen-bond donors (Lipinski definition) is 0. The Bertz CT molecular complexity index is 468. The van der Waals surface area contributed by atoms with Crippen molar-refractivity contribution in [1.82, 2.24) is 0 Å². The van der Waals surface area contributed by atoms with Gasteiger partial charge in [0, 0.05) is 11.1 Å². The largest absolute Gasteiger partial charge is 0.462 e. The smallest absolute Gasteiger partial charge is 0.334 e. The van der Waals surface area contributed by atoms with Gasteiger partial charge in [-0.1, -0.05) is 98.3 Å². The second-order valence-corrected chi connectivity index (χ2v) is 8.22. The zero-order valence-electron chi connectivity index (χ0n) is 20.4. The molecule has 0 saturated heterocycles. The fourth-order valence-corrected chi connectivity index (χ4v) is 3.48. The summed E-state index contributed by atoms with van der Waals surface area (Å²) < 4.78 is 11.0. The lowest BCUT2D eigenvalue weighted by Gasteiger charge is -2.14. The van der Waals surface area contributed by atoms with Gasteiger partial charge in [0.2, 0.25) is 0 Å². The van der Waals surface area contributed by atoms with E-state index in [1.54, 1.807) is 0 Å². The highest BCUT2D eigenvalue weighted by Gasteiger charge is 2.21. The molecule has 0 aliphatic heterocycles. The van der Waals surface area contributed by atoms with Crippen LogP contribution in [0, 0.1) is 0 Å². The van der Waals surface area contributed by atoms with Gasteiger partial charge in [-0.15, -0.1) is 0 Å². The summed E-state index contributed by atoms with van der Waals surface area (Å²) in [5.41, 5.74) is 1.03. The fraction of sp³-hybridized carbons (Fsp3) is 0.846. The monoisotopic (exact) mass is 424 g/mol. The molecule has 0 radical (unpaired) electrons. The Balaban J connectivity index is 4.59. The zero-order chi connectivity index (χ0) is 22.5. The standard InChI is InChI=1S/C26H48O4/c1-5-9-12-14-16-18-21-29-25(27)23(8-4)24(20-11-7-3)26(28)30-22-19-17-15-13-10-6-2/h5-22H2,1-4H3/b24-23-. The molecule has 0 spiro atoms. The summed E-state index contributed by atoms with van der Waals surface area (Å²) in [7, 11) is 0. The summed E-state index contributed by atoms with van der Waals surface area (Å²) in [5.74, 6) is -0.668. The molecule has 176 valence electrons. The molecule has 0 aromatic heterocycles. The van der Waals surface area contributed by atoms with E-state index in [1.165, 1.54) is 51.4 Å². The maximum absolute atomic E-state index is 12.7. The van der Waals surface area contributed by atoms with E-state index < -0.39 is 0 Å². The molecule has 0 unspecified atom stereocenters. The van der Waals surface area contributed by atoms with Crippen LogP contribution >= 0.6 is 0 Å². The van der Waals surface area contributed by atoms with Crippen molar-refractivity contribution in [3.8, 4) is 0 Å². The topological polar surface area (TPSA) is 52.6 Å². The molecule has 0 rings (SSSR count). The van der Waals surface area contributed by atoms with Crippen molar-refractivity contribution in [2.24, 2.45) is 0 Å². The molecule has 0 fully saturated rings. The first-order valence-electron chi connectivity index (χ1n) is 12.7. The Hall–Kier alpha value is -1.32. The average molecular weight is 425 g/mol. The minimum Gasteiger partial charge on any atom is -0.462 e. The minimum atomic E-state index is -0.339.